The van der Waals surface area contributed by atoms with Crippen molar-refractivity contribution in [2.75, 3.05) is 16.2 Å². The highest BCUT2D eigenvalue weighted by atomic mass is 35.5. The Morgan fingerprint density at radius 1 is 0.857 bits per heavy atom. The van der Waals surface area contributed by atoms with Crippen molar-refractivity contribution in [1.29, 1.82) is 0 Å². The first-order valence-corrected chi connectivity index (χ1v) is 10.5. The molecule has 144 valence electrons. The van der Waals surface area contributed by atoms with Gasteiger partial charge in [0, 0.05) is 5.02 Å². The van der Waals surface area contributed by atoms with Crippen LogP contribution in [0.5, 0.6) is 0 Å². The largest absolute Gasteiger partial charge is 0.323 e. The summed E-state index contributed by atoms with van der Waals surface area (Å²) in [5.41, 5.74) is 0.776. The molecule has 1 amide bonds. The molecule has 0 saturated carbocycles. The number of anilines is 2. The lowest BCUT2D eigenvalue weighted by molar-refractivity contribution is -0.114. The second kappa shape index (κ2) is 8.65. The summed E-state index contributed by atoms with van der Waals surface area (Å²) in [6.45, 7) is -0.416. The molecule has 3 rings (SSSR count). The van der Waals surface area contributed by atoms with Gasteiger partial charge in [0.15, 0.2) is 0 Å². The Hall–Kier alpha value is -2.54. The number of carbonyl (C=O) groups excluding carboxylic acids is 1. The third kappa shape index (κ3) is 4.65. The van der Waals surface area contributed by atoms with E-state index in [0.29, 0.717) is 21.4 Å². The number of para-hydroxylation sites is 2. The number of sulfonamides is 1. The summed E-state index contributed by atoms with van der Waals surface area (Å²) in [4.78, 5) is 12.6. The Morgan fingerprint density at radius 3 is 2.11 bits per heavy atom. The van der Waals surface area contributed by atoms with Crippen molar-refractivity contribution in [2.24, 2.45) is 0 Å². The number of rotatable bonds is 6. The van der Waals surface area contributed by atoms with Crippen LogP contribution in [0.1, 0.15) is 0 Å². The molecule has 3 aromatic rings. The topological polar surface area (TPSA) is 66.5 Å². The molecule has 5 nitrogen and oxygen atoms in total. The van der Waals surface area contributed by atoms with Crippen LogP contribution in [0.2, 0.25) is 10.0 Å². The second-order valence-corrected chi connectivity index (χ2v) is 8.54. The van der Waals surface area contributed by atoms with Crippen molar-refractivity contribution in [3.63, 3.8) is 0 Å². The van der Waals surface area contributed by atoms with Gasteiger partial charge in [-0.3, -0.25) is 9.10 Å². The van der Waals surface area contributed by atoms with Crippen LogP contribution in [0.4, 0.5) is 11.4 Å². The first-order valence-electron chi connectivity index (χ1n) is 8.25. The van der Waals surface area contributed by atoms with Gasteiger partial charge in [-0.05, 0) is 48.5 Å². The zero-order chi connectivity index (χ0) is 20.1. The van der Waals surface area contributed by atoms with Gasteiger partial charge in [-0.1, -0.05) is 53.5 Å². The molecular formula is C20H16Cl2N2O3S. The summed E-state index contributed by atoms with van der Waals surface area (Å²) >= 11 is 11.9. The van der Waals surface area contributed by atoms with Crippen molar-refractivity contribution in [1.82, 2.24) is 0 Å². The van der Waals surface area contributed by atoms with Crippen molar-refractivity contribution in [3.8, 4) is 0 Å². The average Bonchev–Trinajstić information content (AvgIpc) is 2.69. The summed E-state index contributed by atoms with van der Waals surface area (Å²) in [6, 6.07) is 20.9. The van der Waals surface area contributed by atoms with Crippen LogP contribution in [0.3, 0.4) is 0 Å². The van der Waals surface area contributed by atoms with Gasteiger partial charge < -0.3 is 5.32 Å². The Kier molecular flexibility index (Phi) is 6.24. The van der Waals surface area contributed by atoms with Crippen molar-refractivity contribution in [2.45, 2.75) is 4.90 Å². The lowest BCUT2D eigenvalue weighted by Crippen LogP contribution is -2.38. The van der Waals surface area contributed by atoms with Crippen LogP contribution in [-0.4, -0.2) is 20.9 Å². The molecule has 0 saturated heterocycles. The quantitative estimate of drug-likeness (QED) is 0.603. The maximum Gasteiger partial charge on any atom is 0.264 e. The summed E-state index contributed by atoms with van der Waals surface area (Å²) in [5, 5.41) is 3.43. The zero-order valence-electron chi connectivity index (χ0n) is 14.5. The van der Waals surface area contributed by atoms with Crippen LogP contribution < -0.4 is 9.62 Å². The van der Waals surface area contributed by atoms with Gasteiger partial charge in [0.2, 0.25) is 5.91 Å². The third-order valence-electron chi connectivity index (χ3n) is 3.88. The number of nitrogens with one attached hydrogen (secondary N) is 1. The SMILES string of the molecule is O=C(CN(c1ccccc1)S(=O)(=O)c1ccc(Cl)cc1)Nc1ccccc1Cl. The van der Waals surface area contributed by atoms with Gasteiger partial charge in [0.1, 0.15) is 6.54 Å². The maximum atomic E-state index is 13.2. The number of hydrogen-bond donors (Lipinski definition) is 1. The van der Waals surface area contributed by atoms with Crippen LogP contribution in [-0.2, 0) is 14.8 Å². The van der Waals surface area contributed by atoms with E-state index in [-0.39, 0.29) is 4.90 Å². The van der Waals surface area contributed by atoms with E-state index >= 15 is 0 Å². The molecule has 0 aliphatic rings. The van der Waals surface area contributed by atoms with Gasteiger partial charge in [-0.2, -0.15) is 0 Å². The number of halogens is 2. The Morgan fingerprint density at radius 2 is 1.46 bits per heavy atom. The predicted octanol–water partition coefficient (Wildman–Crippen LogP) is 4.83. The van der Waals surface area contributed by atoms with E-state index in [1.54, 1.807) is 54.6 Å². The van der Waals surface area contributed by atoms with Gasteiger partial charge in [0.25, 0.3) is 10.0 Å². The molecule has 0 fully saturated rings. The van der Waals surface area contributed by atoms with Crippen LogP contribution >= 0.6 is 23.2 Å². The van der Waals surface area contributed by atoms with Crippen LogP contribution in [0.25, 0.3) is 0 Å². The molecule has 8 heteroatoms. The molecule has 0 atom stereocenters. The van der Waals surface area contributed by atoms with Crippen LogP contribution in [0.15, 0.2) is 83.8 Å². The molecule has 28 heavy (non-hydrogen) atoms. The number of benzene rings is 3. The lowest BCUT2D eigenvalue weighted by atomic mass is 10.3. The van der Waals surface area contributed by atoms with Gasteiger partial charge in [-0.25, -0.2) is 8.42 Å². The minimum Gasteiger partial charge on any atom is -0.323 e. The Bertz CT molecular complexity index is 1070. The van der Waals surface area contributed by atoms with Gasteiger partial charge in [-0.15, -0.1) is 0 Å². The monoisotopic (exact) mass is 434 g/mol. The fourth-order valence-electron chi connectivity index (χ4n) is 2.53. The fourth-order valence-corrected chi connectivity index (χ4v) is 4.26. The number of amides is 1. The fraction of sp³-hybridized carbons (Fsp3) is 0.0500. The smallest absolute Gasteiger partial charge is 0.264 e. The third-order valence-corrected chi connectivity index (χ3v) is 6.25. The predicted molar refractivity (Wildman–Crippen MR) is 113 cm³/mol. The standard InChI is InChI=1S/C20H16Cl2N2O3S/c21-15-10-12-17(13-11-15)28(26,27)24(16-6-2-1-3-7-16)14-20(25)23-19-9-5-4-8-18(19)22/h1-13H,14H2,(H,23,25). The molecule has 0 radical (unpaired) electrons. The number of carbonyl (C=O) groups is 1. The first-order chi connectivity index (χ1) is 13.4. The van der Waals surface area contributed by atoms with E-state index < -0.39 is 22.5 Å². The van der Waals surface area contributed by atoms with E-state index in [2.05, 4.69) is 5.32 Å². The molecule has 0 aliphatic heterocycles. The highest BCUT2D eigenvalue weighted by molar-refractivity contribution is 7.92. The van der Waals surface area contributed by atoms with E-state index in [1.165, 1.54) is 24.3 Å². The second-order valence-electron chi connectivity index (χ2n) is 5.83. The van der Waals surface area contributed by atoms with E-state index in [1.807, 2.05) is 0 Å². The molecule has 0 spiro atoms. The molecule has 1 N–H and O–H groups in total. The van der Waals surface area contributed by atoms with Crippen molar-refractivity contribution < 1.29 is 13.2 Å². The minimum absolute atomic E-state index is 0.0336. The van der Waals surface area contributed by atoms with E-state index in [4.69, 9.17) is 23.2 Å². The Balaban J connectivity index is 1.93. The van der Waals surface area contributed by atoms with E-state index in [0.717, 1.165) is 4.31 Å². The maximum absolute atomic E-state index is 13.2. The van der Waals surface area contributed by atoms with E-state index in [9.17, 15) is 13.2 Å². The molecular weight excluding hydrogens is 419 g/mol. The van der Waals surface area contributed by atoms with Crippen molar-refractivity contribution in [3.05, 3.63) is 88.9 Å². The molecule has 0 heterocycles. The molecule has 0 aliphatic carbocycles. The van der Waals surface area contributed by atoms with Gasteiger partial charge in [0.05, 0.1) is 21.3 Å². The summed E-state index contributed by atoms with van der Waals surface area (Å²) in [5.74, 6) is -0.519. The first kappa shape index (κ1) is 20.2. The number of nitrogens with zero attached hydrogens (tertiary/aromatic N) is 1. The summed E-state index contributed by atoms with van der Waals surface area (Å²) in [7, 11) is -3.99. The zero-order valence-corrected chi connectivity index (χ0v) is 16.9. The molecule has 3 aromatic carbocycles. The number of hydrogen-bond acceptors (Lipinski definition) is 3. The summed E-state index contributed by atoms with van der Waals surface area (Å²) < 4.78 is 27.4. The molecule has 0 unspecified atom stereocenters. The Labute approximate surface area is 173 Å². The highest BCUT2D eigenvalue weighted by Gasteiger charge is 2.27. The minimum atomic E-state index is -3.99. The van der Waals surface area contributed by atoms with Crippen molar-refractivity contribution >= 4 is 50.5 Å². The average molecular weight is 435 g/mol. The lowest BCUT2D eigenvalue weighted by Gasteiger charge is -2.24. The molecule has 0 bridgehead atoms. The van der Waals surface area contributed by atoms with Crippen LogP contribution in [0, 0.1) is 0 Å². The summed E-state index contributed by atoms with van der Waals surface area (Å²) in [6.07, 6.45) is 0. The normalized spacial score (nSPS) is 11.1. The highest BCUT2D eigenvalue weighted by Crippen LogP contribution is 2.25. The van der Waals surface area contributed by atoms with Gasteiger partial charge >= 0.3 is 0 Å². The molecule has 0 aromatic heterocycles.